The van der Waals surface area contributed by atoms with Gasteiger partial charge in [-0.3, -0.25) is 20.3 Å². The van der Waals surface area contributed by atoms with Gasteiger partial charge in [-0.05, 0) is 18.2 Å². The van der Waals surface area contributed by atoms with Gasteiger partial charge in [0.2, 0.25) is 0 Å². The Kier molecular flexibility index (Phi) is 2.36. The van der Waals surface area contributed by atoms with E-state index in [0.29, 0.717) is 12.2 Å². The molecule has 0 radical (unpaired) electrons. The van der Waals surface area contributed by atoms with E-state index in [-0.39, 0.29) is 5.69 Å². The van der Waals surface area contributed by atoms with Crippen LogP contribution in [-0.4, -0.2) is 21.8 Å². The molecule has 1 aliphatic rings. The Labute approximate surface area is 85.7 Å². The van der Waals surface area contributed by atoms with Crippen LogP contribution in [0.2, 0.25) is 0 Å². The van der Waals surface area contributed by atoms with Crippen LogP contribution in [0.15, 0.2) is 36.5 Å². The van der Waals surface area contributed by atoms with Gasteiger partial charge in [0.1, 0.15) is 0 Å². The van der Waals surface area contributed by atoms with Gasteiger partial charge < -0.3 is 0 Å². The summed E-state index contributed by atoms with van der Waals surface area (Å²) >= 11 is 0. The fraction of sp³-hybridized carbons (Fsp3) is 0.111. The molecule has 0 bridgehead atoms. The highest BCUT2D eigenvalue weighted by atomic mass is 16.6. The molecule has 2 rings (SSSR count). The van der Waals surface area contributed by atoms with Crippen molar-refractivity contribution in [3.05, 3.63) is 46.7 Å². The van der Waals surface area contributed by atoms with Crippen molar-refractivity contribution in [2.75, 3.05) is 11.6 Å². The van der Waals surface area contributed by atoms with Crippen LogP contribution in [0.3, 0.4) is 0 Å². The molecule has 1 N–H and O–H groups in total. The van der Waals surface area contributed by atoms with Gasteiger partial charge >= 0.3 is 0 Å². The Morgan fingerprint density at radius 2 is 2.00 bits per heavy atom. The zero-order chi connectivity index (χ0) is 10.8. The highest BCUT2D eigenvalue weighted by molar-refractivity contribution is 5.52. The SMILES string of the molecule is O=[N+]([O-])c1ccc(N2C=CCN2O)cc1. The van der Waals surface area contributed by atoms with Gasteiger partial charge in [-0.25, -0.2) is 0 Å². The number of nitro benzene ring substituents is 1. The highest BCUT2D eigenvalue weighted by Crippen LogP contribution is 2.22. The maximum absolute atomic E-state index is 10.4. The molecule has 1 heterocycles. The second kappa shape index (κ2) is 3.68. The molecule has 0 saturated carbocycles. The van der Waals surface area contributed by atoms with Crippen LogP contribution >= 0.6 is 0 Å². The van der Waals surface area contributed by atoms with Crippen LogP contribution < -0.4 is 5.01 Å². The number of non-ortho nitro benzene ring substituents is 1. The van der Waals surface area contributed by atoms with E-state index in [1.54, 1.807) is 24.4 Å². The fourth-order valence-corrected chi connectivity index (χ4v) is 1.35. The molecule has 0 spiro atoms. The smallest absolute Gasteiger partial charge is 0.269 e. The molecule has 1 aromatic carbocycles. The quantitative estimate of drug-likeness (QED) is 0.588. The molecule has 15 heavy (non-hydrogen) atoms. The third kappa shape index (κ3) is 1.80. The molecular weight excluding hydrogens is 198 g/mol. The lowest BCUT2D eigenvalue weighted by Crippen LogP contribution is -2.31. The summed E-state index contributed by atoms with van der Waals surface area (Å²) in [5.74, 6) is 0. The number of hydrogen-bond donors (Lipinski definition) is 1. The monoisotopic (exact) mass is 207 g/mol. The number of nitrogens with zero attached hydrogens (tertiary/aromatic N) is 3. The molecule has 6 heteroatoms. The van der Waals surface area contributed by atoms with Crippen LogP contribution in [0.25, 0.3) is 0 Å². The van der Waals surface area contributed by atoms with Crippen molar-refractivity contribution in [2.24, 2.45) is 0 Å². The average molecular weight is 207 g/mol. The molecule has 1 aromatic rings. The van der Waals surface area contributed by atoms with E-state index in [9.17, 15) is 15.3 Å². The number of hydrogen-bond acceptors (Lipinski definition) is 5. The normalized spacial score (nSPS) is 15.9. The standard InChI is InChI=1S/C9H9N3O3/c13-11-7-1-6-10(11)8-2-4-9(5-3-8)12(14)15/h1-6,13H,7H2. The first-order valence-electron chi connectivity index (χ1n) is 4.35. The number of nitro groups is 1. The lowest BCUT2D eigenvalue weighted by atomic mass is 10.3. The second-order valence-electron chi connectivity index (χ2n) is 3.06. The molecule has 0 unspecified atom stereocenters. The van der Waals surface area contributed by atoms with E-state index in [1.807, 2.05) is 0 Å². The lowest BCUT2D eigenvalue weighted by Gasteiger charge is -2.22. The first kappa shape index (κ1) is 9.63. The van der Waals surface area contributed by atoms with Gasteiger partial charge in [-0.1, -0.05) is 5.17 Å². The fourth-order valence-electron chi connectivity index (χ4n) is 1.35. The van der Waals surface area contributed by atoms with E-state index in [2.05, 4.69) is 0 Å². The minimum absolute atomic E-state index is 0.0337. The summed E-state index contributed by atoms with van der Waals surface area (Å²) < 4.78 is 0. The summed E-state index contributed by atoms with van der Waals surface area (Å²) in [4.78, 5) is 9.96. The zero-order valence-corrected chi connectivity index (χ0v) is 7.78. The first-order valence-corrected chi connectivity index (χ1v) is 4.35. The van der Waals surface area contributed by atoms with Gasteiger partial charge in [0, 0.05) is 18.3 Å². The number of anilines is 1. The Bertz CT molecular complexity index is 402. The molecule has 78 valence electrons. The number of benzene rings is 1. The summed E-state index contributed by atoms with van der Waals surface area (Å²) in [5.41, 5.74) is 0.711. The van der Waals surface area contributed by atoms with Crippen molar-refractivity contribution in [3.63, 3.8) is 0 Å². The predicted octanol–water partition coefficient (Wildman–Crippen LogP) is 1.53. The van der Waals surface area contributed by atoms with Crippen LogP contribution in [-0.2, 0) is 0 Å². The van der Waals surface area contributed by atoms with Crippen LogP contribution in [0.4, 0.5) is 11.4 Å². The number of hydroxylamine groups is 1. The minimum atomic E-state index is -0.458. The number of hydrazine groups is 1. The van der Waals surface area contributed by atoms with Gasteiger partial charge in [0.15, 0.2) is 0 Å². The molecular formula is C9H9N3O3. The van der Waals surface area contributed by atoms with Crippen molar-refractivity contribution < 1.29 is 10.1 Å². The largest absolute Gasteiger partial charge is 0.294 e. The molecule has 0 atom stereocenters. The second-order valence-corrected chi connectivity index (χ2v) is 3.06. The summed E-state index contributed by atoms with van der Waals surface area (Å²) in [6, 6.07) is 5.96. The maximum Gasteiger partial charge on any atom is 0.269 e. The van der Waals surface area contributed by atoms with Gasteiger partial charge in [-0.15, -0.1) is 0 Å². The maximum atomic E-state index is 10.4. The summed E-state index contributed by atoms with van der Waals surface area (Å²) in [5, 5.41) is 22.3. The van der Waals surface area contributed by atoms with Gasteiger partial charge in [0.05, 0.1) is 17.2 Å². The first-order chi connectivity index (χ1) is 7.18. The Balaban J connectivity index is 2.23. The summed E-state index contributed by atoms with van der Waals surface area (Å²) in [7, 11) is 0. The van der Waals surface area contributed by atoms with Gasteiger partial charge in [-0.2, -0.15) is 0 Å². The van der Waals surface area contributed by atoms with Crippen molar-refractivity contribution in [2.45, 2.75) is 0 Å². The van der Waals surface area contributed by atoms with Crippen molar-refractivity contribution in [1.82, 2.24) is 5.17 Å². The molecule has 6 nitrogen and oxygen atoms in total. The Morgan fingerprint density at radius 1 is 1.33 bits per heavy atom. The Morgan fingerprint density at radius 3 is 2.47 bits per heavy atom. The third-order valence-corrected chi connectivity index (χ3v) is 2.09. The van der Waals surface area contributed by atoms with E-state index in [0.717, 1.165) is 5.17 Å². The van der Waals surface area contributed by atoms with E-state index >= 15 is 0 Å². The van der Waals surface area contributed by atoms with E-state index in [1.165, 1.54) is 17.1 Å². The lowest BCUT2D eigenvalue weighted by molar-refractivity contribution is -0.384. The molecule has 0 aliphatic carbocycles. The summed E-state index contributed by atoms with van der Waals surface area (Å²) in [6.45, 7) is 0.414. The predicted molar refractivity (Wildman–Crippen MR) is 53.2 cm³/mol. The number of rotatable bonds is 2. The zero-order valence-electron chi connectivity index (χ0n) is 7.78. The van der Waals surface area contributed by atoms with Crippen molar-refractivity contribution in [1.29, 1.82) is 0 Å². The Hall–Kier alpha value is -1.92. The van der Waals surface area contributed by atoms with E-state index in [4.69, 9.17) is 0 Å². The summed E-state index contributed by atoms with van der Waals surface area (Å²) in [6.07, 6.45) is 3.47. The molecule has 1 aliphatic heterocycles. The topological polar surface area (TPSA) is 69.9 Å². The van der Waals surface area contributed by atoms with Crippen molar-refractivity contribution >= 4 is 11.4 Å². The third-order valence-electron chi connectivity index (χ3n) is 2.09. The molecule has 0 amide bonds. The molecule has 0 saturated heterocycles. The van der Waals surface area contributed by atoms with Gasteiger partial charge in [0.25, 0.3) is 5.69 Å². The van der Waals surface area contributed by atoms with Crippen molar-refractivity contribution in [3.8, 4) is 0 Å². The minimum Gasteiger partial charge on any atom is -0.294 e. The van der Waals surface area contributed by atoms with Crippen LogP contribution in [0.1, 0.15) is 0 Å². The molecule has 0 fully saturated rings. The van der Waals surface area contributed by atoms with E-state index < -0.39 is 4.92 Å². The highest BCUT2D eigenvalue weighted by Gasteiger charge is 2.15. The van der Waals surface area contributed by atoms with Crippen LogP contribution in [0.5, 0.6) is 0 Å². The van der Waals surface area contributed by atoms with Crippen LogP contribution in [0, 0.1) is 10.1 Å². The molecule has 0 aromatic heterocycles. The average Bonchev–Trinajstić information content (AvgIpc) is 2.65.